The summed E-state index contributed by atoms with van der Waals surface area (Å²) < 4.78 is 10.2. The molecule has 0 bridgehead atoms. The Morgan fingerprint density at radius 3 is 2.47 bits per heavy atom. The number of fused-ring (bicyclic) bond motifs is 1. The zero-order chi connectivity index (χ0) is 13.5. The van der Waals surface area contributed by atoms with Crippen LogP contribution in [0.5, 0.6) is 0 Å². The molecule has 1 heterocycles. The quantitative estimate of drug-likeness (QED) is 0.718. The van der Waals surface area contributed by atoms with Crippen LogP contribution in [0.15, 0.2) is 48.2 Å². The molecule has 1 saturated heterocycles. The van der Waals surface area contributed by atoms with E-state index in [1.807, 2.05) is 44.2 Å². The maximum Gasteiger partial charge on any atom is 0.514 e. The van der Waals surface area contributed by atoms with E-state index in [4.69, 9.17) is 9.47 Å². The first-order valence-electron chi connectivity index (χ1n) is 6.16. The lowest BCUT2D eigenvalue weighted by molar-refractivity contribution is 0.0873. The van der Waals surface area contributed by atoms with Gasteiger partial charge in [0, 0.05) is 0 Å². The first kappa shape index (κ1) is 11.8. The predicted molar refractivity (Wildman–Crippen MR) is 73.6 cm³/mol. The first-order chi connectivity index (χ1) is 9.04. The van der Waals surface area contributed by atoms with Crippen LogP contribution < -0.4 is 0 Å². The highest BCUT2D eigenvalue weighted by Crippen LogP contribution is 2.31. The van der Waals surface area contributed by atoms with Gasteiger partial charge in [0.15, 0.2) is 11.4 Å². The van der Waals surface area contributed by atoms with Crippen LogP contribution in [-0.4, -0.2) is 11.8 Å². The molecular weight excluding hydrogens is 240 g/mol. The minimum Gasteiger partial charge on any atom is -0.420 e. The van der Waals surface area contributed by atoms with Crippen LogP contribution in [0.25, 0.3) is 16.8 Å². The van der Waals surface area contributed by atoms with Crippen molar-refractivity contribution < 1.29 is 14.3 Å². The van der Waals surface area contributed by atoms with Crippen LogP contribution in [0.2, 0.25) is 0 Å². The van der Waals surface area contributed by atoms with Crippen LogP contribution in [0, 0.1) is 0 Å². The molecule has 0 saturated carbocycles. The Balaban J connectivity index is 2.03. The van der Waals surface area contributed by atoms with Crippen LogP contribution in [0.3, 0.4) is 0 Å². The number of carbonyl (C=O) groups excluding carboxylic acids is 1. The lowest BCUT2D eigenvalue weighted by Gasteiger charge is -2.13. The number of carbonyl (C=O) groups is 1. The van der Waals surface area contributed by atoms with Gasteiger partial charge >= 0.3 is 6.16 Å². The summed E-state index contributed by atoms with van der Waals surface area (Å²) in [5.74, 6) is 0.535. The van der Waals surface area contributed by atoms with Crippen molar-refractivity contribution in [3.05, 3.63) is 53.8 Å². The minimum atomic E-state index is -0.706. The second-order valence-electron chi connectivity index (χ2n) is 5.08. The van der Waals surface area contributed by atoms with Gasteiger partial charge in [-0.1, -0.05) is 36.4 Å². The van der Waals surface area contributed by atoms with E-state index >= 15 is 0 Å². The maximum absolute atomic E-state index is 11.2. The fourth-order valence-corrected chi connectivity index (χ4v) is 2.14. The van der Waals surface area contributed by atoms with Gasteiger partial charge in [-0.3, -0.25) is 0 Å². The lowest BCUT2D eigenvalue weighted by atomic mass is 10.0. The van der Waals surface area contributed by atoms with Crippen molar-refractivity contribution in [1.82, 2.24) is 0 Å². The second-order valence-corrected chi connectivity index (χ2v) is 5.08. The van der Waals surface area contributed by atoms with Crippen LogP contribution in [0.4, 0.5) is 4.79 Å². The van der Waals surface area contributed by atoms with Crippen LogP contribution in [-0.2, 0) is 9.47 Å². The Kier molecular flexibility index (Phi) is 2.56. The molecule has 0 aromatic heterocycles. The zero-order valence-electron chi connectivity index (χ0n) is 10.8. The van der Waals surface area contributed by atoms with E-state index in [-0.39, 0.29) is 0 Å². The van der Waals surface area contributed by atoms with Crippen molar-refractivity contribution in [1.29, 1.82) is 0 Å². The van der Waals surface area contributed by atoms with E-state index in [9.17, 15) is 4.79 Å². The number of hydrogen-bond donors (Lipinski definition) is 0. The molecule has 0 aliphatic carbocycles. The number of cyclic esters (lactones) is 2. The molecule has 96 valence electrons. The Bertz CT molecular complexity index is 683. The van der Waals surface area contributed by atoms with Gasteiger partial charge in [0.1, 0.15) is 0 Å². The molecule has 2 aromatic rings. The molecule has 1 fully saturated rings. The number of ether oxygens (including phenoxy) is 2. The molecule has 3 rings (SSSR count). The molecule has 3 heteroatoms. The van der Waals surface area contributed by atoms with Gasteiger partial charge in [-0.25, -0.2) is 4.79 Å². The number of rotatable bonds is 1. The molecule has 0 spiro atoms. The van der Waals surface area contributed by atoms with E-state index in [0.29, 0.717) is 5.76 Å². The van der Waals surface area contributed by atoms with Crippen LogP contribution in [0.1, 0.15) is 19.4 Å². The van der Waals surface area contributed by atoms with Gasteiger partial charge in [0.25, 0.3) is 0 Å². The summed E-state index contributed by atoms with van der Waals surface area (Å²) in [6.07, 6.45) is 1.20. The van der Waals surface area contributed by atoms with Gasteiger partial charge in [0.2, 0.25) is 0 Å². The average Bonchev–Trinajstić information content (AvgIpc) is 2.62. The van der Waals surface area contributed by atoms with Gasteiger partial charge in [-0.2, -0.15) is 0 Å². The molecule has 0 radical (unpaired) electrons. The zero-order valence-corrected chi connectivity index (χ0v) is 10.8. The highest BCUT2D eigenvalue weighted by molar-refractivity contribution is 5.85. The SMILES string of the molecule is CC1(C)OC(=O)O/C1=C\c1ccc2ccccc2c1. The Labute approximate surface area is 111 Å². The Morgan fingerprint density at radius 2 is 1.79 bits per heavy atom. The average molecular weight is 254 g/mol. The van der Waals surface area contributed by atoms with E-state index in [0.717, 1.165) is 10.9 Å². The largest absolute Gasteiger partial charge is 0.514 e. The van der Waals surface area contributed by atoms with Crippen molar-refractivity contribution in [2.24, 2.45) is 0 Å². The topological polar surface area (TPSA) is 35.5 Å². The van der Waals surface area contributed by atoms with Gasteiger partial charge in [-0.15, -0.1) is 0 Å². The molecule has 1 aliphatic heterocycles. The smallest absolute Gasteiger partial charge is 0.420 e. The van der Waals surface area contributed by atoms with E-state index in [2.05, 4.69) is 18.2 Å². The third-order valence-corrected chi connectivity index (χ3v) is 3.20. The number of benzene rings is 2. The molecule has 0 unspecified atom stereocenters. The second kappa shape index (κ2) is 4.12. The third-order valence-electron chi connectivity index (χ3n) is 3.20. The summed E-state index contributed by atoms with van der Waals surface area (Å²) in [5, 5.41) is 2.34. The van der Waals surface area contributed by atoms with E-state index in [1.54, 1.807) is 0 Å². The van der Waals surface area contributed by atoms with Crippen molar-refractivity contribution in [2.75, 3.05) is 0 Å². The first-order valence-corrected chi connectivity index (χ1v) is 6.16. The van der Waals surface area contributed by atoms with Gasteiger partial charge in [0.05, 0.1) is 0 Å². The number of hydrogen-bond acceptors (Lipinski definition) is 3. The van der Waals surface area contributed by atoms with Crippen LogP contribution >= 0.6 is 0 Å². The van der Waals surface area contributed by atoms with Crippen molar-refractivity contribution in [3.8, 4) is 0 Å². The molecule has 3 nitrogen and oxygen atoms in total. The monoisotopic (exact) mass is 254 g/mol. The summed E-state index contributed by atoms with van der Waals surface area (Å²) in [4.78, 5) is 11.2. The van der Waals surface area contributed by atoms with Gasteiger partial charge in [-0.05, 0) is 42.3 Å². The summed E-state index contributed by atoms with van der Waals surface area (Å²) in [6, 6.07) is 14.2. The minimum absolute atomic E-state index is 0.535. The fraction of sp³-hybridized carbons (Fsp3) is 0.188. The summed E-state index contributed by atoms with van der Waals surface area (Å²) in [6.45, 7) is 3.62. The summed E-state index contributed by atoms with van der Waals surface area (Å²) in [5.41, 5.74) is 0.281. The highest BCUT2D eigenvalue weighted by atomic mass is 16.8. The van der Waals surface area contributed by atoms with E-state index < -0.39 is 11.8 Å². The molecule has 0 N–H and O–H groups in total. The highest BCUT2D eigenvalue weighted by Gasteiger charge is 2.39. The molecular formula is C16H14O3. The third kappa shape index (κ3) is 2.19. The fourth-order valence-electron chi connectivity index (χ4n) is 2.14. The molecule has 2 aromatic carbocycles. The van der Waals surface area contributed by atoms with Gasteiger partial charge < -0.3 is 9.47 Å². The molecule has 1 aliphatic rings. The Morgan fingerprint density at radius 1 is 1.05 bits per heavy atom. The summed E-state index contributed by atoms with van der Waals surface area (Å²) in [7, 11) is 0. The van der Waals surface area contributed by atoms with Crippen molar-refractivity contribution >= 4 is 23.0 Å². The van der Waals surface area contributed by atoms with E-state index in [1.165, 1.54) is 5.39 Å². The molecule has 0 atom stereocenters. The summed E-state index contributed by atoms with van der Waals surface area (Å²) >= 11 is 0. The van der Waals surface area contributed by atoms with Crippen molar-refractivity contribution in [3.63, 3.8) is 0 Å². The lowest BCUT2D eigenvalue weighted by Crippen LogP contribution is -2.20. The maximum atomic E-state index is 11.2. The molecule has 19 heavy (non-hydrogen) atoms. The predicted octanol–water partition coefficient (Wildman–Crippen LogP) is 4.13. The molecule has 0 amide bonds. The normalized spacial score (nSPS) is 19.5. The standard InChI is InChI=1S/C16H14O3/c1-16(2)14(18-15(17)19-16)10-11-7-8-12-5-3-4-6-13(12)9-11/h3-10H,1-2H3/b14-10-. The van der Waals surface area contributed by atoms with Crippen molar-refractivity contribution in [2.45, 2.75) is 19.4 Å². The Hall–Kier alpha value is -2.29.